The molecule has 2 rings (SSSR count). The highest BCUT2D eigenvalue weighted by Gasteiger charge is 2.36. The van der Waals surface area contributed by atoms with Crippen molar-refractivity contribution in [2.75, 3.05) is 13.1 Å². The van der Waals surface area contributed by atoms with E-state index in [2.05, 4.69) is 17.1 Å². The second-order valence-electron chi connectivity index (χ2n) is 4.13. The Balaban J connectivity index is 2.06. The normalized spacial score (nSPS) is 34.4. The van der Waals surface area contributed by atoms with Gasteiger partial charge in [-0.2, -0.15) is 0 Å². The van der Waals surface area contributed by atoms with Gasteiger partial charge in [0.2, 0.25) is 5.91 Å². The van der Waals surface area contributed by atoms with Crippen LogP contribution in [0.1, 0.15) is 32.6 Å². The number of carbonyl (C=O) groups excluding carboxylic acids is 1. The lowest BCUT2D eigenvalue weighted by molar-refractivity contribution is -0.121. The van der Waals surface area contributed by atoms with Crippen molar-refractivity contribution < 1.29 is 4.79 Å². The van der Waals surface area contributed by atoms with E-state index in [1.54, 1.807) is 0 Å². The Hall–Kier alpha value is -0.570. The van der Waals surface area contributed by atoms with E-state index in [9.17, 15) is 4.79 Å². The van der Waals surface area contributed by atoms with Crippen molar-refractivity contribution >= 4 is 5.91 Å². The first-order valence-corrected chi connectivity index (χ1v) is 5.33. The van der Waals surface area contributed by atoms with Gasteiger partial charge in [0.25, 0.3) is 0 Å². The summed E-state index contributed by atoms with van der Waals surface area (Å²) in [6.45, 7) is 4.24. The minimum atomic E-state index is 0.244. The Kier molecular flexibility index (Phi) is 2.54. The van der Waals surface area contributed by atoms with Crippen LogP contribution in [0.3, 0.4) is 0 Å². The standard InChI is InChI=1S/C10H18N2O/c1-2-5-12-8-3-4-9(12)7-11-10(13)6-8/h8-9H,2-7H2,1H3,(H,11,13)/t8-,9-/m0/s1. The monoisotopic (exact) mass is 182 g/mol. The fraction of sp³-hybridized carbons (Fsp3) is 0.900. The summed E-state index contributed by atoms with van der Waals surface area (Å²) >= 11 is 0. The average Bonchev–Trinajstić information content (AvgIpc) is 2.37. The van der Waals surface area contributed by atoms with Crippen LogP contribution in [-0.2, 0) is 4.79 Å². The molecule has 0 spiro atoms. The molecule has 0 radical (unpaired) electrons. The molecule has 2 bridgehead atoms. The first kappa shape index (κ1) is 9.00. The molecule has 2 saturated heterocycles. The van der Waals surface area contributed by atoms with Gasteiger partial charge >= 0.3 is 0 Å². The van der Waals surface area contributed by atoms with Crippen molar-refractivity contribution in [1.82, 2.24) is 10.2 Å². The number of nitrogens with one attached hydrogen (secondary N) is 1. The number of carbonyl (C=O) groups is 1. The van der Waals surface area contributed by atoms with Crippen LogP contribution in [0.15, 0.2) is 0 Å². The highest BCUT2D eigenvalue weighted by molar-refractivity contribution is 5.77. The van der Waals surface area contributed by atoms with Crippen LogP contribution in [0.25, 0.3) is 0 Å². The highest BCUT2D eigenvalue weighted by Crippen LogP contribution is 2.27. The van der Waals surface area contributed by atoms with Crippen molar-refractivity contribution in [2.24, 2.45) is 0 Å². The van der Waals surface area contributed by atoms with E-state index in [-0.39, 0.29) is 5.91 Å². The van der Waals surface area contributed by atoms with Crippen LogP contribution in [0.5, 0.6) is 0 Å². The summed E-state index contributed by atoms with van der Waals surface area (Å²) in [6.07, 6.45) is 4.40. The Morgan fingerprint density at radius 2 is 2.23 bits per heavy atom. The van der Waals surface area contributed by atoms with Crippen molar-refractivity contribution in [3.05, 3.63) is 0 Å². The molecule has 2 aliphatic rings. The van der Waals surface area contributed by atoms with Gasteiger partial charge in [-0.1, -0.05) is 6.92 Å². The molecule has 0 aromatic rings. The van der Waals surface area contributed by atoms with Crippen LogP contribution in [0.2, 0.25) is 0 Å². The van der Waals surface area contributed by atoms with Gasteiger partial charge in [0.05, 0.1) is 0 Å². The summed E-state index contributed by atoms with van der Waals surface area (Å²) < 4.78 is 0. The zero-order valence-corrected chi connectivity index (χ0v) is 8.25. The second kappa shape index (κ2) is 3.66. The van der Waals surface area contributed by atoms with Crippen LogP contribution >= 0.6 is 0 Å². The smallest absolute Gasteiger partial charge is 0.221 e. The molecule has 3 nitrogen and oxygen atoms in total. The lowest BCUT2D eigenvalue weighted by atomic mass is 10.1. The second-order valence-corrected chi connectivity index (χ2v) is 4.13. The number of hydrogen-bond acceptors (Lipinski definition) is 2. The van der Waals surface area contributed by atoms with Crippen LogP contribution in [0, 0.1) is 0 Å². The molecule has 0 aliphatic carbocycles. The van der Waals surface area contributed by atoms with Crippen molar-refractivity contribution in [3.63, 3.8) is 0 Å². The maximum Gasteiger partial charge on any atom is 0.221 e. The SMILES string of the molecule is CCCN1[C@H]2CC[C@H]1CC(=O)NC2. The molecule has 1 N–H and O–H groups in total. The Bertz CT molecular complexity index is 205. The van der Waals surface area contributed by atoms with Gasteiger partial charge in [-0.05, 0) is 25.8 Å². The topological polar surface area (TPSA) is 32.3 Å². The first-order valence-electron chi connectivity index (χ1n) is 5.33. The van der Waals surface area contributed by atoms with Gasteiger partial charge < -0.3 is 5.32 Å². The molecule has 0 aromatic heterocycles. The Morgan fingerprint density at radius 3 is 3.00 bits per heavy atom. The molecule has 2 fully saturated rings. The van der Waals surface area contributed by atoms with E-state index >= 15 is 0 Å². The maximum atomic E-state index is 11.3. The third-order valence-electron chi connectivity index (χ3n) is 3.21. The van der Waals surface area contributed by atoms with Gasteiger partial charge in [0, 0.05) is 25.0 Å². The first-order chi connectivity index (χ1) is 6.31. The van der Waals surface area contributed by atoms with E-state index < -0.39 is 0 Å². The van der Waals surface area contributed by atoms with E-state index in [0.717, 1.165) is 19.5 Å². The van der Waals surface area contributed by atoms with Gasteiger partial charge in [0.1, 0.15) is 0 Å². The Labute approximate surface area is 79.5 Å². The van der Waals surface area contributed by atoms with E-state index in [1.165, 1.54) is 19.3 Å². The van der Waals surface area contributed by atoms with Gasteiger partial charge in [-0.3, -0.25) is 9.69 Å². The molecular weight excluding hydrogens is 164 g/mol. The average molecular weight is 182 g/mol. The van der Waals surface area contributed by atoms with Crippen molar-refractivity contribution in [1.29, 1.82) is 0 Å². The summed E-state index contributed by atoms with van der Waals surface area (Å²) in [7, 11) is 0. The number of amides is 1. The van der Waals surface area contributed by atoms with E-state index in [0.29, 0.717) is 12.1 Å². The van der Waals surface area contributed by atoms with Crippen LogP contribution < -0.4 is 5.32 Å². The molecule has 0 unspecified atom stereocenters. The molecule has 1 amide bonds. The molecule has 74 valence electrons. The Morgan fingerprint density at radius 1 is 1.46 bits per heavy atom. The molecule has 2 aliphatic heterocycles. The van der Waals surface area contributed by atoms with Gasteiger partial charge in [-0.25, -0.2) is 0 Å². The number of hydrogen-bond donors (Lipinski definition) is 1. The summed E-state index contributed by atoms with van der Waals surface area (Å²) in [5, 5.41) is 2.98. The van der Waals surface area contributed by atoms with Crippen LogP contribution in [0.4, 0.5) is 0 Å². The fourth-order valence-corrected chi connectivity index (χ4v) is 2.59. The molecular formula is C10H18N2O. The van der Waals surface area contributed by atoms with E-state index in [4.69, 9.17) is 0 Å². The van der Waals surface area contributed by atoms with E-state index in [1.807, 2.05) is 0 Å². The molecule has 13 heavy (non-hydrogen) atoms. The lowest BCUT2D eigenvalue weighted by Gasteiger charge is -2.26. The molecule has 2 heterocycles. The number of rotatable bonds is 2. The number of nitrogens with zero attached hydrogens (tertiary/aromatic N) is 1. The summed E-state index contributed by atoms with van der Waals surface area (Å²) in [5.41, 5.74) is 0. The van der Waals surface area contributed by atoms with Crippen molar-refractivity contribution in [3.8, 4) is 0 Å². The summed E-state index contributed by atoms with van der Waals surface area (Å²) in [4.78, 5) is 13.8. The molecule has 2 atom stereocenters. The molecule has 0 saturated carbocycles. The third kappa shape index (κ3) is 1.70. The fourth-order valence-electron chi connectivity index (χ4n) is 2.59. The zero-order chi connectivity index (χ0) is 9.26. The zero-order valence-electron chi connectivity index (χ0n) is 8.25. The van der Waals surface area contributed by atoms with Crippen LogP contribution in [-0.4, -0.2) is 36.0 Å². The number of fused-ring (bicyclic) bond motifs is 2. The minimum absolute atomic E-state index is 0.244. The molecule has 3 heteroatoms. The van der Waals surface area contributed by atoms with Gasteiger partial charge in [-0.15, -0.1) is 0 Å². The lowest BCUT2D eigenvalue weighted by Crippen LogP contribution is -2.38. The highest BCUT2D eigenvalue weighted by atomic mass is 16.1. The predicted molar refractivity (Wildman–Crippen MR) is 51.4 cm³/mol. The minimum Gasteiger partial charge on any atom is -0.354 e. The summed E-state index contributed by atoms with van der Waals surface area (Å²) in [5.74, 6) is 0.244. The third-order valence-corrected chi connectivity index (χ3v) is 3.21. The molecule has 0 aromatic carbocycles. The largest absolute Gasteiger partial charge is 0.354 e. The predicted octanol–water partition coefficient (Wildman–Crippen LogP) is 0.749. The maximum absolute atomic E-state index is 11.3. The van der Waals surface area contributed by atoms with Gasteiger partial charge in [0.15, 0.2) is 0 Å². The van der Waals surface area contributed by atoms with Crippen molar-refractivity contribution in [2.45, 2.75) is 44.7 Å². The quantitative estimate of drug-likeness (QED) is 0.683. The summed E-state index contributed by atoms with van der Waals surface area (Å²) in [6, 6.07) is 1.16.